The smallest absolute Gasteiger partial charge is 0.227 e. The lowest BCUT2D eigenvalue weighted by atomic mass is 10.1. The Morgan fingerprint density at radius 2 is 2.21 bits per heavy atom. The molecule has 19 heavy (non-hydrogen) atoms. The van der Waals surface area contributed by atoms with Crippen molar-refractivity contribution in [3.8, 4) is 0 Å². The Bertz CT molecular complexity index is 391. The first kappa shape index (κ1) is 18.2. The Hall–Kier alpha value is -0.840. The van der Waals surface area contributed by atoms with Crippen molar-refractivity contribution >= 4 is 30.7 Å². The lowest BCUT2D eigenvalue weighted by Gasteiger charge is -2.23. The Balaban J connectivity index is 0.00000162. The van der Waals surface area contributed by atoms with Crippen molar-refractivity contribution in [1.29, 1.82) is 0 Å². The van der Waals surface area contributed by atoms with Gasteiger partial charge in [0.15, 0.2) is 0 Å². The highest BCUT2D eigenvalue weighted by Crippen LogP contribution is 2.09. The summed E-state index contributed by atoms with van der Waals surface area (Å²) < 4.78 is 0. The first-order valence-electron chi connectivity index (χ1n) is 6.05. The second-order valence-corrected chi connectivity index (χ2v) is 4.64. The highest BCUT2D eigenvalue weighted by Gasteiger charge is 2.22. The van der Waals surface area contributed by atoms with Crippen LogP contribution in [0.4, 0.5) is 0 Å². The van der Waals surface area contributed by atoms with E-state index in [0.717, 1.165) is 30.8 Å². The van der Waals surface area contributed by atoms with Gasteiger partial charge < -0.3 is 10.2 Å². The summed E-state index contributed by atoms with van der Waals surface area (Å²) in [5.41, 5.74) is 1.97. The largest absolute Gasteiger partial charge is 0.341 e. The molecule has 1 aliphatic rings. The average molecular weight is 306 g/mol. The highest BCUT2D eigenvalue weighted by atomic mass is 35.5. The van der Waals surface area contributed by atoms with Crippen molar-refractivity contribution in [2.24, 2.45) is 0 Å². The predicted octanol–water partition coefficient (Wildman–Crippen LogP) is 1.60. The Kier molecular flexibility index (Phi) is 7.99. The van der Waals surface area contributed by atoms with Crippen LogP contribution in [0.15, 0.2) is 18.3 Å². The van der Waals surface area contributed by atoms with Crippen LogP contribution in [0.3, 0.4) is 0 Å². The number of rotatable bonds is 3. The summed E-state index contributed by atoms with van der Waals surface area (Å²) in [5.74, 6) is 0.171. The van der Waals surface area contributed by atoms with Gasteiger partial charge in [-0.2, -0.15) is 0 Å². The minimum atomic E-state index is 0. The van der Waals surface area contributed by atoms with E-state index in [1.165, 1.54) is 0 Å². The molecule has 0 aliphatic carbocycles. The summed E-state index contributed by atoms with van der Waals surface area (Å²) in [6, 6.07) is 4.27. The van der Waals surface area contributed by atoms with Crippen molar-refractivity contribution in [1.82, 2.24) is 15.2 Å². The maximum absolute atomic E-state index is 12.1. The van der Waals surface area contributed by atoms with Gasteiger partial charge in [-0.1, -0.05) is 6.07 Å². The highest BCUT2D eigenvalue weighted by molar-refractivity contribution is 5.85. The number of carbonyl (C=O) groups excluding carboxylic acids is 1. The van der Waals surface area contributed by atoms with Crippen LogP contribution in [-0.4, -0.2) is 42.0 Å². The van der Waals surface area contributed by atoms with Gasteiger partial charge in [0.25, 0.3) is 0 Å². The normalized spacial score (nSPS) is 17.3. The molecule has 1 N–H and O–H groups in total. The molecule has 2 heterocycles. The molecule has 1 amide bonds. The molecule has 1 aliphatic heterocycles. The summed E-state index contributed by atoms with van der Waals surface area (Å²) in [4.78, 5) is 18.1. The topological polar surface area (TPSA) is 45.2 Å². The number of hydrogen-bond acceptors (Lipinski definition) is 3. The molecule has 1 saturated heterocycles. The Labute approximate surface area is 126 Å². The average Bonchev–Trinajstić information content (AvgIpc) is 2.84. The second kappa shape index (κ2) is 8.35. The van der Waals surface area contributed by atoms with Gasteiger partial charge in [-0.25, -0.2) is 0 Å². The van der Waals surface area contributed by atoms with Crippen LogP contribution in [0.1, 0.15) is 17.7 Å². The molecule has 1 aromatic rings. The number of aromatic nitrogens is 1. The lowest BCUT2D eigenvalue weighted by molar-refractivity contribution is -0.130. The number of hydrogen-bond donors (Lipinski definition) is 1. The van der Waals surface area contributed by atoms with E-state index in [2.05, 4.69) is 10.3 Å². The molecule has 6 heteroatoms. The molecule has 1 fully saturated rings. The monoisotopic (exact) mass is 305 g/mol. The zero-order chi connectivity index (χ0) is 12.3. The molecule has 0 radical (unpaired) electrons. The van der Waals surface area contributed by atoms with Gasteiger partial charge >= 0.3 is 0 Å². The third-order valence-electron chi connectivity index (χ3n) is 3.30. The number of likely N-dealkylation sites (N-methyl/N-ethyl adjacent to an activating group) is 1. The zero-order valence-electron chi connectivity index (χ0n) is 11.3. The summed E-state index contributed by atoms with van der Waals surface area (Å²) >= 11 is 0. The van der Waals surface area contributed by atoms with Crippen LogP contribution in [0.2, 0.25) is 0 Å². The molecule has 0 spiro atoms. The van der Waals surface area contributed by atoms with E-state index in [-0.39, 0.29) is 30.7 Å². The quantitative estimate of drug-likeness (QED) is 0.922. The van der Waals surface area contributed by atoms with Crippen LogP contribution < -0.4 is 5.32 Å². The molecule has 4 nitrogen and oxygen atoms in total. The molecular formula is C13H21Cl2N3O. The van der Waals surface area contributed by atoms with E-state index in [9.17, 15) is 4.79 Å². The van der Waals surface area contributed by atoms with Gasteiger partial charge in [0.1, 0.15) is 0 Å². The first-order chi connectivity index (χ1) is 8.16. The van der Waals surface area contributed by atoms with Crippen LogP contribution in [0.25, 0.3) is 0 Å². The van der Waals surface area contributed by atoms with E-state index in [1.807, 2.05) is 31.0 Å². The number of halogens is 2. The predicted molar refractivity (Wildman–Crippen MR) is 81.2 cm³/mol. The first-order valence-corrected chi connectivity index (χ1v) is 6.05. The lowest BCUT2D eigenvalue weighted by Crippen LogP contribution is -2.39. The molecule has 1 aromatic heterocycles. The fourth-order valence-electron chi connectivity index (χ4n) is 2.08. The van der Waals surface area contributed by atoms with Crippen molar-refractivity contribution in [3.05, 3.63) is 29.6 Å². The van der Waals surface area contributed by atoms with Gasteiger partial charge in [-0.3, -0.25) is 9.78 Å². The number of carbonyl (C=O) groups is 1. The summed E-state index contributed by atoms with van der Waals surface area (Å²) in [7, 11) is 1.89. The van der Waals surface area contributed by atoms with Crippen molar-refractivity contribution in [3.63, 3.8) is 0 Å². The third-order valence-corrected chi connectivity index (χ3v) is 3.30. The van der Waals surface area contributed by atoms with E-state index in [0.29, 0.717) is 12.5 Å². The minimum Gasteiger partial charge on any atom is -0.341 e. The maximum Gasteiger partial charge on any atom is 0.227 e. The van der Waals surface area contributed by atoms with Crippen LogP contribution >= 0.6 is 24.8 Å². The van der Waals surface area contributed by atoms with E-state index >= 15 is 0 Å². The maximum atomic E-state index is 12.1. The molecular weight excluding hydrogens is 285 g/mol. The molecule has 2 rings (SSSR count). The molecule has 0 aromatic carbocycles. The fourth-order valence-corrected chi connectivity index (χ4v) is 2.08. The van der Waals surface area contributed by atoms with Crippen molar-refractivity contribution in [2.75, 3.05) is 20.1 Å². The molecule has 108 valence electrons. The Morgan fingerprint density at radius 3 is 2.74 bits per heavy atom. The fraction of sp³-hybridized carbons (Fsp3) is 0.538. The van der Waals surface area contributed by atoms with Gasteiger partial charge in [0.05, 0.1) is 6.42 Å². The number of nitrogens with one attached hydrogen (secondary N) is 1. The standard InChI is InChI=1S/C13H19N3O.2ClH/c1-10-3-4-11(8-15-10)7-13(17)16(2)12-5-6-14-9-12;;/h3-4,8,12,14H,5-7,9H2,1-2H3;2*1H. The number of aryl methyl sites for hydroxylation is 1. The third kappa shape index (κ3) is 4.97. The number of pyridine rings is 1. The second-order valence-electron chi connectivity index (χ2n) is 4.64. The van der Waals surface area contributed by atoms with Crippen molar-refractivity contribution in [2.45, 2.75) is 25.8 Å². The van der Waals surface area contributed by atoms with E-state index < -0.39 is 0 Å². The van der Waals surface area contributed by atoms with Gasteiger partial charge in [0.2, 0.25) is 5.91 Å². The Morgan fingerprint density at radius 1 is 1.47 bits per heavy atom. The minimum absolute atomic E-state index is 0. The molecule has 0 saturated carbocycles. The summed E-state index contributed by atoms with van der Waals surface area (Å²) in [6.45, 7) is 3.87. The van der Waals surface area contributed by atoms with Crippen LogP contribution in [0.5, 0.6) is 0 Å². The molecule has 0 bridgehead atoms. The molecule has 1 unspecified atom stereocenters. The summed E-state index contributed by atoms with van der Waals surface area (Å²) in [5, 5.41) is 3.27. The SMILES string of the molecule is Cc1ccc(CC(=O)N(C)C2CCNC2)cn1.Cl.Cl. The van der Waals surface area contributed by atoms with Gasteiger partial charge in [-0.15, -0.1) is 24.8 Å². The van der Waals surface area contributed by atoms with Gasteiger partial charge in [0, 0.05) is 31.5 Å². The number of amides is 1. The number of nitrogens with zero attached hydrogens (tertiary/aromatic N) is 2. The zero-order valence-corrected chi connectivity index (χ0v) is 12.9. The van der Waals surface area contributed by atoms with Gasteiger partial charge in [-0.05, 0) is 31.5 Å². The van der Waals surface area contributed by atoms with Crippen LogP contribution in [0, 0.1) is 6.92 Å². The van der Waals surface area contributed by atoms with E-state index in [4.69, 9.17) is 0 Å². The summed E-state index contributed by atoms with van der Waals surface area (Å²) in [6.07, 6.45) is 3.28. The molecule has 1 atom stereocenters. The van der Waals surface area contributed by atoms with Crippen LogP contribution in [-0.2, 0) is 11.2 Å². The van der Waals surface area contributed by atoms with E-state index in [1.54, 1.807) is 6.20 Å². The van der Waals surface area contributed by atoms with Crippen molar-refractivity contribution < 1.29 is 4.79 Å².